The number of ether oxygens (including phenoxy) is 1. The van der Waals surface area contributed by atoms with Crippen molar-refractivity contribution < 1.29 is 4.74 Å². The Morgan fingerprint density at radius 2 is 2.05 bits per heavy atom. The van der Waals surface area contributed by atoms with Gasteiger partial charge in [0.05, 0.1) is 11.3 Å². The zero-order chi connectivity index (χ0) is 14.7. The van der Waals surface area contributed by atoms with Crippen molar-refractivity contribution in [3.63, 3.8) is 0 Å². The molecule has 0 spiro atoms. The molecule has 0 bridgehead atoms. The highest BCUT2D eigenvalue weighted by Crippen LogP contribution is 2.30. The number of halogens is 1. The van der Waals surface area contributed by atoms with E-state index >= 15 is 0 Å². The maximum absolute atomic E-state index is 5.97. The Kier molecular flexibility index (Phi) is 4.73. The molecule has 0 amide bonds. The summed E-state index contributed by atoms with van der Waals surface area (Å²) >= 11 is 8.48. The zero-order valence-electron chi connectivity index (χ0n) is 11.3. The minimum absolute atomic E-state index is 0.311. The summed E-state index contributed by atoms with van der Waals surface area (Å²) in [6.07, 6.45) is 0.799. The van der Waals surface area contributed by atoms with E-state index in [1.165, 1.54) is 0 Å². The summed E-state index contributed by atoms with van der Waals surface area (Å²) in [6.45, 7) is 4.01. The standard InChI is InChI=1S/C15H15BrN2OS/c1-3-12-13(7-4-9(2)18-12)19-14-8-10(16)5-6-11(14)15(17)20/h4-8H,3H2,1-2H3,(H2,17,20). The quantitative estimate of drug-likeness (QED) is 0.841. The monoisotopic (exact) mass is 350 g/mol. The van der Waals surface area contributed by atoms with Gasteiger partial charge in [-0.05, 0) is 43.7 Å². The Morgan fingerprint density at radius 1 is 1.30 bits per heavy atom. The van der Waals surface area contributed by atoms with Gasteiger partial charge in [-0.15, -0.1) is 0 Å². The highest BCUT2D eigenvalue weighted by molar-refractivity contribution is 9.10. The van der Waals surface area contributed by atoms with Crippen LogP contribution >= 0.6 is 28.1 Å². The predicted molar refractivity (Wildman–Crippen MR) is 88.5 cm³/mol. The lowest BCUT2D eigenvalue weighted by Crippen LogP contribution is -2.11. The lowest BCUT2D eigenvalue weighted by Gasteiger charge is -2.13. The van der Waals surface area contributed by atoms with Crippen LogP contribution in [-0.4, -0.2) is 9.97 Å². The van der Waals surface area contributed by atoms with Gasteiger partial charge in [0.15, 0.2) is 0 Å². The number of hydrogen-bond donors (Lipinski definition) is 1. The topological polar surface area (TPSA) is 48.1 Å². The van der Waals surface area contributed by atoms with Crippen LogP contribution < -0.4 is 10.5 Å². The van der Waals surface area contributed by atoms with E-state index in [-0.39, 0.29) is 0 Å². The van der Waals surface area contributed by atoms with E-state index in [0.717, 1.165) is 28.0 Å². The Morgan fingerprint density at radius 3 is 2.70 bits per heavy atom. The molecule has 5 heteroatoms. The third kappa shape index (κ3) is 3.35. The molecule has 2 N–H and O–H groups in total. The van der Waals surface area contributed by atoms with Gasteiger partial charge in [0, 0.05) is 10.2 Å². The number of aromatic nitrogens is 1. The van der Waals surface area contributed by atoms with Gasteiger partial charge in [0.25, 0.3) is 0 Å². The summed E-state index contributed by atoms with van der Waals surface area (Å²) in [7, 11) is 0. The zero-order valence-corrected chi connectivity index (χ0v) is 13.7. The predicted octanol–water partition coefficient (Wildman–Crippen LogP) is 4.14. The molecule has 0 aliphatic carbocycles. The summed E-state index contributed by atoms with van der Waals surface area (Å²) < 4.78 is 6.88. The molecule has 0 atom stereocenters. The van der Waals surface area contributed by atoms with Crippen LogP contribution in [0.1, 0.15) is 23.9 Å². The molecular formula is C15H15BrN2OS. The first-order valence-electron chi connectivity index (χ1n) is 6.25. The van der Waals surface area contributed by atoms with E-state index in [2.05, 4.69) is 20.9 Å². The van der Waals surface area contributed by atoms with E-state index in [4.69, 9.17) is 22.7 Å². The largest absolute Gasteiger partial charge is 0.455 e. The molecule has 0 saturated carbocycles. The van der Waals surface area contributed by atoms with Gasteiger partial charge in [-0.3, -0.25) is 4.98 Å². The van der Waals surface area contributed by atoms with E-state index < -0.39 is 0 Å². The summed E-state index contributed by atoms with van der Waals surface area (Å²) in [6, 6.07) is 9.43. The highest BCUT2D eigenvalue weighted by Gasteiger charge is 2.11. The number of benzene rings is 1. The van der Waals surface area contributed by atoms with Gasteiger partial charge < -0.3 is 10.5 Å². The SMILES string of the molecule is CCc1nc(C)ccc1Oc1cc(Br)ccc1C(N)=S. The van der Waals surface area contributed by atoms with Crippen LogP contribution in [0.25, 0.3) is 0 Å². The van der Waals surface area contributed by atoms with Gasteiger partial charge in [-0.1, -0.05) is 35.1 Å². The normalized spacial score (nSPS) is 10.3. The maximum atomic E-state index is 5.97. The summed E-state index contributed by atoms with van der Waals surface area (Å²) in [4.78, 5) is 4.79. The third-order valence-corrected chi connectivity index (χ3v) is 3.55. The van der Waals surface area contributed by atoms with E-state index in [0.29, 0.717) is 16.3 Å². The second-order valence-electron chi connectivity index (χ2n) is 4.36. The van der Waals surface area contributed by atoms with Crippen LogP contribution in [0.2, 0.25) is 0 Å². The lowest BCUT2D eigenvalue weighted by molar-refractivity contribution is 0.471. The average molecular weight is 351 g/mol. The fourth-order valence-electron chi connectivity index (χ4n) is 1.85. The van der Waals surface area contributed by atoms with Crippen molar-refractivity contribution in [1.29, 1.82) is 0 Å². The van der Waals surface area contributed by atoms with Crippen molar-refractivity contribution in [1.82, 2.24) is 4.98 Å². The van der Waals surface area contributed by atoms with Crippen molar-refractivity contribution in [3.8, 4) is 11.5 Å². The van der Waals surface area contributed by atoms with Gasteiger partial charge in [0.1, 0.15) is 16.5 Å². The second-order valence-corrected chi connectivity index (χ2v) is 5.71. The molecule has 2 aromatic rings. The average Bonchev–Trinajstić information content (AvgIpc) is 2.40. The minimum Gasteiger partial charge on any atom is -0.455 e. The number of aryl methyl sites for hydroxylation is 2. The number of nitrogens with two attached hydrogens (primary N) is 1. The Bertz CT molecular complexity index is 658. The van der Waals surface area contributed by atoms with Gasteiger partial charge in [-0.2, -0.15) is 0 Å². The van der Waals surface area contributed by atoms with Crippen LogP contribution in [0.5, 0.6) is 11.5 Å². The fourth-order valence-corrected chi connectivity index (χ4v) is 2.36. The van der Waals surface area contributed by atoms with Crippen molar-refractivity contribution in [3.05, 3.63) is 51.8 Å². The van der Waals surface area contributed by atoms with E-state index in [1.807, 2.05) is 44.2 Å². The smallest absolute Gasteiger partial charge is 0.148 e. The molecule has 0 aliphatic rings. The first kappa shape index (κ1) is 14.9. The number of rotatable bonds is 4. The molecule has 0 radical (unpaired) electrons. The van der Waals surface area contributed by atoms with Gasteiger partial charge in [-0.25, -0.2) is 0 Å². The van der Waals surface area contributed by atoms with Crippen LogP contribution in [-0.2, 0) is 6.42 Å². The Balaban J connectivity index is 2.44. The third-order valence-electron chi connectivity index (χ3n) is 2.84. The molecule has 104 valence electrons. The summed E-state index contributed by atoms with van der Waals surface area (Å²) in [5.41, 5.74) is 8.33. The first-order chi connectivity index (χ1) is 9.51. The summed E-state index contributed by atoms with van der Waals surface area (Å²) in [5, 5.41) is 0. The molecule has 1 aromatic carbocycles. The van der Waals surface area contributed by atoms with Gasteiger partial charge in [0.2, 0.25) is 0 Å². The molecule has 3 nitrogen and oxygen atoms in total. The number of nitrogens with zero attached hydrogens (tertiary/aromatic N) is 1. The van der Waals surface area contributed by atoms with E-state index in [1.54, 1.807) is 0 Å². The highest BCUT2D eigenvalue weighted by atomic mass is 79.9. The molecule has 20 heavy (non-hydrogen) atoms. The molecule has 2 rings (SSSR count). The maximum Gasteiger partial charge on any atom is 0.148 e. The fraction of sp³-hybridized carbons (Fsp3) is 0.200. The van der Waals surface area contributed by atoms with E-state index in [9.17, 15) is 0 Å². The number of hydrogen-bond acceptors (Lipinski definition) is 3. The van der Waals surface area contributed by atoms with Crippen molar-refractivity contribution in [2.24, 2.45) is 5.73 Å². The molecule has 0 aliphatic heterocycles. The molecule has 1 heterocycles. The first-order valence-corrected chi connectivity index (χ1v) is 7.45. The minimum atomic E-state index is 0.311. The van der Waals surface area contributed by atoms with Crippen molar-refractivity contribution >= 4 is 33.1 Å². The van der Waals surface area contributed by atoms with Crippen LogP contribution in [0, 0.1) is 6.92 Å². The van der Waals surface area contributed by atoms with Crippen molar-refractivity contribution in [2.75, 3.05) is 0 Å². The second kappa shape index (κ2) is 6.33. The summed E-state index contributed by atoms with van der Waals surface area (Å²) in [5.74, 6) is 1.36. The molecule has 1 aromatic heterocycles. The van der Waals surface area contributed by atoms with Gasteiger partial charge >= 0.3 is 0 Å². The molecule has 0 fully saturated rings. The Hall–Kier alpha value is -1.46. The Labute approximate surface area is 132 Å². The van der Waals surface area contributed by atoms with Crippen LogP contribution in [0.4, 0.5) is 0 Å². The molecule has 0 saturated heterocycles. The van der Waals surface area contributed by atoms with Crippen LogP contribution in [0.15, 0.2) is 34.8 Å². The van der Waals surface area contributed by atoms with Crippen molar-refractivity contribution in [2.45, 2.75) is 20.3 Å². The molecular weight excluding hydrogens is 336 g/mol. The van der Waals surface area contributed by atoms with Crippen LogP contribution in [0.3, 0.4) is 0 Å². The number of pyridine rings is 1. The number of thiocarbonyl (C=S) groups is 1. The lowest BCUT2D eigenvalue weighted by atomic mass is 10.2. The molecule has 0 unspecified atom stereocenters.